The van der Waals surface area contributed by atoms with Crippen LogP contribution in [-0.4, -0.2) is 95.8 Å². The van der Waals surface area contributed by atoms with Crippen LogP contribution in [0.1, 0.15) is 49.7 Å². The number of hydrogen-bond donors (Lipinski definition) is 2. The number of amides is 1. The van der Waals surface area contributed by atoms with Crippen LogP contribution in [0.2, 0.25) is 0 Å². The summed E-state index contributed by atoms with van der Waals surface area (Å²) in [4.78, 5) is 19.3. The minimum atomic E-state index is -0.210. The van der Waals surface area contributed by atoms with Crippen molar-refractivity contribution < 1.29 is 9.53 Å². The van der Waals surface area contributed by atoms with Gasteiger partial charge in [0, 0.05) is 48.1 Å². The number of thioether (sulfide) groups is 1. The number of rotatable bonds is 6. The van der Waals surface area contributed by atoms with Gasteiger partial charge in [0.2, 0.25) is 5.91 Å². The van der Waals surface area contributed by atoms with Crippen molar-refractivity contribution in [3.8, 4) is 6.07 Å². The highest BCUT2D eigenvalue weighted by molar-refractivity contribution is 8.00. The van der Waals surface area contributed by atoms with Gasteiger partial charge in [0.25, 0.3) is 0 Å². The predicted molar refractivity (Wildman–Crippen MR) is 158 cm³/mol. The minimum Gasteiger partial charge on any atom is -0.348 e. The maximum Gasteiger partial charge on any atom is 0.246 e. The van der Waals surface area contributed by atoms with Gasteiger partial charge >= 0.3 is 0 Å². The summed E-state index contributed by atoms with van der Waals surface area (Å²) in [5.74, 6) is 1.46. The zero-order valence-corrected chi connectivity index (χ0v) is 24.6. The van der Waals surface area contributed by atoms with Crippen molar-refractivity contribution in [1.29, 1.82) is 5.26 Å². The molecule has 40 heavy (non-hydrogen) atoms. The van der Waals surface area contributed by atoms with E-state index in [1.807, 2.05) is 4.90 Å². The zero-order chi connectivity index (χ0) is 27.7. The fourth-order valence-corrected chi connectivity index (χ4v) is 9.41. The minimum absolute atomic E-state index is 0.0767. The Bertz CT molecular complexity index is 1130. The lowest BCUT2D eigenvalue weighted by molar-refractivity contribution is -0.135. The zero-order valence-electron chi connectivity index (χ0n) is 23.8. The van der Waals surface area contributed by atoms with Gasteiger partial charge in [-0.15, -0.1) is 11.8 Å². The molecule has 1 spiro atoms. The average Bonchev–Trinajstić information content (AvgIpc) is 3.39. The Balaban J connectivity index is 1.20. The lowest BCUT2D eigenvalue weighted by Crippen LogP contribution is -2.73. The molecule has 4 fully saturated rings. The lowest BCUT2D eigenvalue weighted by Gasteiger charge is -2.56. The number of piperazine rings is 1. The molecule has 1 aliphatic carbocycles. The van der Waals surface area contributed by atoms with Crippen LogP contribution < -0.4 is 10.6 Å². The molecule has 5 aliphatic rings. The second-order valence-corrected chi connectivity index (χ2v) is 13.9. The summed E-state index contributed by atoms with van der Waals surface area (Å²) < 4.78 is 6.83. The molecule has 6 unspecified atom stereocenters. The number of likely N-dealkylation sites (N-methyl/N-ethyl adjacent to an activating group) is 1. The Morgan fingerprint density at radius 2 is 2.08 bits per heavy atom. The Morgan fingerprint density at radius 3 is 2.85 bits per heavy atom. The number of fused-ring (bicyclic) bond motifs is 2. The molecule has 1 saturated carbocycles. The van der Waals surface area contributed by atoms with Crippen molar-refractivity contribution >= 4 is 17.7 Å². The average molecular weight is 565 g/mol. The van der Waals surface area contributed by atoms with Crippen LogP contribution in [-0.2, 0) is 21.7 Å². The highest BCUT2D eigenvalue weighted by Crippen LogP contribution is 2.50. The van der Waals surface area contributed by atoms with Gasteiger partial charge in [-0.3, -0.25) is 20.3 Å². The van der Waals surface area contributed by atoms with Crippen molar-refractivity contribution in [3.05, 3.63) is 48.0 Å². The molecule has 3 saturated heterocycles. The number of hydrogen-bond acceptors (Lipinski definition) is 8. The molecular weight excluding hydrogens is 520 g/mol. The van der Waals surface area contributed by atoms with Crippen molar-refractivity contribution in [2.75, 3.05) is 39.8 Å². The summed E-state index contributed by atoms with van der Waals surface area (Å²) in [6.45, 7) is 7.65. The Morgan fingerprint density at radius 1 is 1.23 bits per heavy atom. The summed E-state index contributed by atoms with van der Waals surface area (Å²) in [5.41, 5.74) is 3.01. The Kier molecular flexibility index (Phi) is 8.55. The molecule has 0 bridgehead atoms. The summed E-state index contributed by atoms with van der Waals surface area (Å²) >= 11 is 2.16. The Labute approximate surface area is 243 Å². The van der Waals surface area contributed by atoms with Gasteiger partial charge in [0.15, 0.2) is 6.35 Å². The van der Waals surface area contributed by atoms with Crippen LogP contribution in [0.4, 0.5) is 0 Å². The third-order valence-corrected chi connectivity index (χ3v) is 11.7. The summed E-state index contributed by atoms with van der Waals surface area (Å²) in [6, 6.07) is 12.0. The Hall–Kier alpha value is -1.93. The van der Waals surface area contributed by atoms with Crippen LogP contribution >= 0.6 is 11.8 Å². The molecule has 0 aromatic heterocycles. The van der Waals surface area contributed by atoms with Gasteiger partial charge in [-0.05, 0) is 69.3 Å². The molecule has 4 aliphatic heterocycles. The topological polar surface area (TPSA) is 83.9 Å². The van der Waals surface area contributed by atoms with Gasteiger partial charge in [-0.25, -0.2) is 0 Å². The third kappa shape index (κ3) is 5.72. The van der Waals surface area contributed by atoms with E-state index in [-0.39, 0.29) is 29.2 Å². The fraction of sp³-hybridized carbons (Fsp3) is 0.677. The van der Waals surface area contributed by atoms with Gasteiger partial charge in [0.05, 0.1) is 31.3 Å². The van der Waals surface area contributed by atoms with Gasteiger partial charge in [-0.2, -0.15) is 5.26 Å². The molecule has 1 aromatic carbocycles. The molecule has 0 radical (unpaired) electrons. The first-order valence-corrected chi connectivity index (χ1v) is 16.1. The van der Waals surface area contributed by atoms with Crippen LogP contribution in [0.3, 0.4) is 0 Å². The first kappa shape index (κ1) is 28.2. The number of carbonyl (C=O) groups excluding carboxylic acids is 1. The molecule has 2 N–H and O–H groups in total. The summed E-state index contributed by atoms with van der Waals surface area (Å²) in [6.07, 6.45) is 8.71. The number of likely N-dealkylation sites (tertiary alicyclic amines) is 1. The van der Waals surface area contributed by atoms with E-state index < -0.39 is 0 Å². The number of nitrogens with zero attached hydrogens (tertiary/aromatic N) is 4. The normalized spacial score (nSPS) is 36.5. The van der Waals surface area contributed by atoms with Crippen LogP contribution in [0.5, 0.6) is 0 Å². The van der Waals surface area contributed by atoms with E-state index in [1.165, 1.54) is 36.5 Å². The van der Waals surface area contributed by atoms with Gasteiger partial charge < -0.3 is 14.5 Å². The number of carbonyl (C=O) groups is 1. The SMILES string of the molecule is C=CC(=O)N1CCN(C2NC(OCC3CCCN3C)NC3C[C@@]4(CCC32)Cc2ccccc2CS4)CC1CC#N. The van der Waals surface area contributed by atoms with Gasteiger partial charge in [-0.1, -0.05) is 30.8 Å². The second kappa shape index (κ2) is 12.1. The maximum atomic E-state index is 12.5. The van der Waals surface area contributed by atoms with E-state index >= 15 is 0 Å². The second-order valence-electron chi connectivity index (χ2n) is 12.4. The first-order chi connectivity index (χ1) is 19.5. The van der Waals surface area contributed by atoms with E-state index in [9.17, 15) is 10.1 Å². The first-order valence-electron chi connectivity index (χ1n) is 15.1. The highest BCUT2D eigenvalue weighted by Gasteiger charge is 2.50. The molecule has 7 atom stereocenters. The number of ether oxygens (including phenoxy) is 1. The molecule has 8 nitrogen and oxygen atoms in total. The number of nitrogens with one attached hydrogen (secondary N) is 2. The number of benzene rings is 1. The monoisotopic (exact) mass is 564 g/mol. The molecule has 216 valence electrons. The molecule has 4 heterocycles. The quantitative estimate of drug-likeness (QED) is 0.511. The number of nitriles is 1. The van der Waals surface area contributed by atoms with Crippen molar-refractivity contribution in [3.63, 3.8) is 0 Å². The van der Waals surface area contributed by atoms with Crippen LogP contribution in [0.15, 0.2) is 36.9 Å². The third-order valence-electron chi connectivity index (χ3n) is 10.1. The predicted octanol–water partition coefficient (Wildman–Crippen LogP) is 2.91. The lowest BCUT2D eigenvalue weighted by atomic mass is 9.72. The van der Waals surface area contributed by atoms with E-state index in [0.29, 0.717) is 37.5 Å². The van der Waals surface area contributed by atoms with Crippen LogP contribution in [0.25, 0.3) is 0 Å². The molecule has 1 aromatic rings. The summed E-state index contributed by atoms with van der Waals surface area (Å²) in [7, 11) is 2.20. The maximum absolute atomic E-state index is 12.5. The molecule has 9 heteroatoms. The molecule has 6 rings (SSSR count). The van der Waals surface area contributed by atoms with E-state index in [1.54, 1.807) is 0 Å². The highest BCUT2D eigenvalue weighted by atomic mass is 32.2. The standard InChI is InChI=1S/C31H44N6O2S/c1-3-28(38)37-16-15-36(19-24(37)11-13-32)29-26-10-12-31(17-22-7-4-5-8-23(22)21-40-31)18-27(26)33-30(34-29)39-20-25-9-6-14-35(25)2/h3-5,7-8,24-27,29-30,33-34H,1,6,9-12,14-21H2,2H3/t24?,25?,26?,27?,29?,30?,31-/m1/s1. The molecule has 1 amide bonds. The van der Waals surface area contributed by atoms with Crippen molar-refractivity contribution in [1.82, 2.24) is 25.3 Å². The summed E-state index contributed by atoms with van der Waals surface area (Å²) in [5, 5.41) is 17.3. The van der Waals surface area contributed by atoms with Crippen LogP contribution in [0, 0.1) is 17.2 Å². The van der Waals surface area contributed by atoms with E-state index in [4.69, 9.17) is 4.74 Å². The van der Waals surface area contributed by atoms with Gasteiger partial charge in [0.1, 0.15) is 0 Å². The molecular formula is C31H44N6O2S. The van der Waals surface area contributed by atoms with Crippen molar-refractivity contribution in [2.24, 2.45) is 5.92 Å². The smallest absolute Gasteiger partial charge is 0.246 e. The van der Waals surface area contributed by atoms with Crippen molar-refractivity contribution in [2.45, 2.75) is 86.1 Å². The van der Waals surface area contributed by atoms with E-state index in [2.05, 4.69) is 76.2 Å². The fourth-order valence-electron chi connectivity index (χ4n) is 7.85. The van der Waals surface area contributed by atoms with E-state index in [0.717, 1.165) is 44.7 Å². The largest absolute Gasteiger partial charge is 0.348 e.